The van der Waals surface area contributed by atoms with Crippen LogP contribution in [0.5, 0.6) is 0 Å². The van der Waals surface area contributed by atoms with Crippen molar-refractivity contribution in [2.75, 3.05) is 22.2 Å². The van der Waals surface area contributed by atoms with Crippen molar-refractivity contribution in [3.63, 3.8) is 0 Å². The molecule has 1 amide bonds. The molecule has 2 aromatic heterocycles. The van der Waals surface area contributed by atoms with Gasteiger partial charge in [0.25, 0.3) is 0 Å². The van der Waals surface area contributed by atoms with Crippen LogP contribution >= 0.6 is 0 Å². The predicted octanol–water partition coefficient (Wildman–Crippen LogP) is 3.14. The number of halogens is 3. The monoisotopic (exact) mass is 478 g/mol. The zero-order valence-corrected chi connectivity index (χ0v) is 17.9. The molecule has 0 spiro atoms. The van der Waals surface area contributed by atoms with E-state index >= 15 is 0 Å². The number of anilines is 4. The van der Waals surface area contributed by atoms with Gasteiger partial charge >= 0.3 is 6.18 Å². The van der Waals surface area contributed by atoms with Crippen LogP contribution in [0.3, 0.4) is 0 Å². The number of benzene rings is 1. The molecule has 9 nitrogen and oxygen atoms in total. The largest absolute Gasteiger partial charge is 0.421 e. The average Bonchev–Trinajstić information content (AvgIpc) is 3.10. The van der Waals surface area contributed by atoms with Crippen molar-refractivity contribution < 1.29 is 26.4 Å². The molecule has 33 heavy (non-hydrogen) atoms. The summed E-state index contributed by atoms with van der Waals surface area (Å²) >= 11 is 0. The number of pyridine rings is 1. The molecule has 172 valence electrons. The Balaban J connectivity index is 1.58. The molecule has 0 bridgehead atoms. The van der Waals surface area contributed by atoms with Gasteiger partial charge in [-0.15, -0.1) is 0 Å². The number of amides is 1. The molecular formula is C20H17F3N6O3S. The standard InChI is InChI=1S/C20H17F3N6O3S/c1-33(31,32)14-4-11(7-24-9-14)8-25-18-15(20(21,22)23)10-26-19(29-18)27-13-3-2-12-5-17(30)28-16(12)6-13/h2-4,6-7,9-10H,5,8H2,1H3,(H,28,30)(H2,25,26,27,29). The van der Waals surface area contributed by atoms with Gasteiger partial charge in [0.05, 0.1) is 11.3 Å². The molecule has 13 heteroatoms. The number of fused-ring (bicyclic) bond motifs is 1. The first-order chi connectivity index (χ1) is 15.5. The number of nitrogens with one attached hydrogen (secondary N) is 3. The number of carbonyl (C=O) groups excluding carboxylic acids is 1. The van der Waals surface area contributed by atoms with Gasteiger partial charge in [-0.1, -0.05) is 6.07 Å². The molecule has 3 N–H and O–H groups in total. The highest BCUT2D eigenvalue weighted by atomic mass is 32.2. The molecule has 0 fully saturated rings. The highest BCUT2D eigenvalue weighted by Gasteiger charge is 2.35. The number of nitrogens with zero attached hydrogens (tertiary/aromatic N) is 3. The number of rotatable bonds is 6. The van der Waals surface area contributed by atoms with E-state index in [1.807, 2.05) is 0 Å². The third kappa shape index (κ3) is 5.19. The Kier molecular flexibility index (Phi) is 5.66. The predicted molar refractivity (Wildman–Crippen MR) is 114 cm³/mol. The second-order valence-corrected chi connectivity index (χ2v) is 9.35. The van der Waals surface area contributed by atoms with Gasteiger partial charge in [-0.2, -0.15) is 18.2 Å². The van der Waals surface area contributed by atoms with Gasteiger partial charge in [-0.3, -0.25) is 9.78 Å². The van der Waals surface area contributed by atoms with Gasteiger partial charge in [0, 0.05) is 42.8 Å². The van der Waals surface area contributed by atoms with Gasteiger partial charge in [0.2, 0.25) is 11.9 Å². The lowest BCUT2D eigenvalue weighted by molar-refractivity contribution is -0.137. The van der Waals surface area contributed by atoms with E-state index in [1.54, 1.807) is 18.2 Å². The van der Waals surface area contributed by atoms with Crippen molar-refractivity contribution >= 4 is 38.9 Å². The third-order valence-electron chi connectivity index (χ3n) is 4.74. The molecule has 0 radical (unpaired) electrons. The quantitative estimate of drug-likeness (QED) is 0.493. The van der Waals surface area contributed by atoms with Crippen LogP contribution in [0.4, 0.5) is 36.3 Å². The van der Waals surface area contributed by atoms with Crippen LogP contribution in [0.15, 0.2) is 47.8 Å². The maximum atomic E-state index is 13.5. The van der Waals surface area contributed by atoms with E-state index in [-0.39, 0.29) is 29.7 Å². The van der Waals surface area contributed by atoms with Gasteiger partial charge in [-0.25, -0.2) is 13.4 Å². The number of carbonyl (C=O) groups is 1. The van der Waals surface area contributed by atoms with Crippen molar-refractivity contribution in [3.8, 4) is 0 Å². The summed E-state index contributed by atoms with van der Waals surface area (Å²) < 4.78 is 63.8. The van der Waals surface area contributed by atoms with E-state index in [1.165, 1.54) is 12.3 Å². The molecular weight excluding hydrogens is 461 g/mol. The molecule has 1 aliphatic rings. The average molecular weight is 478 g/mol. The molecule has 1 aliphatic heterocycles. The lowest BCUT2D eigenvalue weighted by Gasteiger charge is -2.15. The second-order valence-electron chi connectivity index (χ2n) is 7.33. The first-order valence-electron chi connectivity index (χ1n) is 9.51. The smallest absolute Gasteiger partial charge is 0.365 e. The fraction of sp³-hybridized carbons (Fsp3) is 0.200. The fourth-order valence-electron chi connectivity index (χ4n) is 3.15. The Hall–Kier alpha value is -3.74. The van der Waals surface area contributed by atoms with E-state index in [9.17, 15) is 26.4 Å². The van der Waals surface area contributed by atoms with Crippen molar-refractivity contribution in [2.45, 2.75) is 24.0 Å². The molecule has 0 saturated heterocycles. The third-order valence-corrected chi connectivity index (χ3v) is 5.82. The van der Waals surface area contributed by atoms with E-state index in [4.69, 9.17) is 0 Å². The topological polar surface area (TPSA) is 126 Å². The molecule has 0 atom stereocenters. The first-order valence-corrected chi connectivity index (χ1v) is 11.4. The summed E-state index contributed by atoms with van der Waals surface area (Å²) in [6.45, 7) is -0.152. The van der Waals surface area contributed by atoms with Crippen LogP contribution in [0.1, 0.15) is 16.7 Å². The number of alkyl halides is 3. The SMILES string of the molecule is CS(=O)(=O)c1cncc(CNc2nc(Nc3ccc4c(c3)NC(=O)C4)ncc2C(F)(F)F)c1. The van der Waals surface area contributed by atoms with Crippen LogP contribution in [-0.2, 0) is 33.8 Å². The summed E-state index contributed by atoms with van der Waals surface area (Å²) in [6.07, 6.45) is -0.297. The minimum atomic E-state index is -4.72. The van der Waals surface area contributed by atoms with Crippen molar-refractivity contribution in [2.24, 2.45) is 0 Å². The number of sulfone groups is 1. The van der Waals surface area contributed by atoms with Gasteiger partial charge in [0.1, 0.15) is 11.4 Å². The van der Waals surface area contributed by atoms with E-state index in [0.29, 0.717) is 23.1 Å². The Bertz CT molecular complexity index is 1350. The molecule has 4 rings (SSSR count). The van der Waals surface area contributed by atoms with E-state index in [0.717, 1.165) is 18.0 Å². The molecule has 0 unspecified atom stereocenters. The highest BCUT2D eigenvalue weighted by molar-refractivity contribution is 7.90. The fourth-order valence-corrected chi connectivity index (χ4v) is 3.77. The number of hydrogen-bond acceptors (Lipinski definition) is 8. The van der Waals surface area contributed by atoms with Crippen LogP contribution in [0, 0.1) is 0 Å². The summed E-state index contributed by atoms with van der Waals surface area (Å²) in [6, 6.07) is 6.34. The lowest BCUT2D eigenvalue weighted by atomic mass is 10.1. The zero-order chi connectivity index (χ0) is 23.8. The highest BCUT2D eigenvalue weighted by Crippen LogP contribution is 2.34. The first kappa shape index (κ1) is 22.5. The van der Waals surface area contributed by atoms with Crippen molar-refractivity contribution in [3.05, 3.63) is 59.5 Å². The molecule has 0 saturated carbocycles. The van der Waals surface area contributed by atoms with Crippen LogP contribution < -0.4 is 16.0 Å². The van der Waals surface area contributed by atoms with Crippen molar-refractivity contribution in [1.29, 1.82) is 0 Å². The number of aromatic nitrogens is 3. The molecule has 0 aliphatic carbocycles. The molecule has 3 aromatic rings. The Morgan fingerprint density at radius 2 is 1.94 bits per heavy atom. The van der Waals surface area contributed by atoms with Crippen LogP contribution in [0.2, 0.25) is 0 Å². The Labute approximate surface area is 186 Å². The molecule has 1 aromatic carbocycles. The summed E-state index contributed by atoms with van der Waals surface area (Å²) in [5.74, 6) is -0.731. The second kappa shape index (κ2) is 8.31. The van der Waals surface area contributed by atoms with Crippen LogP contribution in [0.25, 0.3) is 0 Å². The van der Waals surface area contributed by atoms with Crippen LogP contribution in [-0.4, -0.2) is 35.5 Å². The lowest BCUT2D eigenvalue weighted by Crippen LogP contribution is -2.14. The summed E-state index contributed by atoms with van der Waals surface area (Å²) in [4.78, 5) is 23.0. The van der Waals surface area contributed by atoms with Gasteiger partial charge in [-0.05, 0) is 29.3 Å². The van der Waals surface area contributed by atoms with Crippen molar-refractivity contribution in [1.82, 2.24) is 15.0 Å². The Morgan fingerprint density at radius 1 is 1.15 bits per heavy atom. The zero-order valence-electron chi connectivity index (χ0n) is 17.1. The maximum Gasteiger partial charge on any atom is 0.421 e. The van der Waals surface area contributed by atoms with E-state index in [2.05, 4.69) is 30.9 Å². The molecule has 3 heterocycles. The number of hydrogen-bond donors (Lipinski definition) is 3. The minimum Gasteiger partial charge on any atom is -0.365 e. The van der Waals surface area contributed by atoms with Gasteiger partial charge < -0.3 is 16.0 Å². The summed E-state index contributed by atoms with van der Waals surface area (Å²) in [5, 5.41) is 8.10. The summed E-state index contributed by atoms with van der Waals surface area (Å²) in [7, 11) is -3.52. The van der Waals surface area contributed by atoms with E-state index < -0.39 is 27.4 Å². The van der Waals surface area contributed by atoms with Gasteiger partial charge in [0.15, 0.2) is 9.84 Å². The maximum absolute atomic E-state index is 13.5. The normalized spacial score (nSPS) is 13.4. The minimum absolute atomic E-state index is 0.0495. The summed E-state index contributed by atoms with van der Waals surface area (Å²) in [5.41, 5.74) is 1.17. The Morgan fingerprint density at radius 3 is 2.67 bits per heavy atom.